The van der Waals surface area contributed by atoms with Gasteiger partial charge in [-0.3, -0.25) is 29.2 Å². The number of hydrogen-bond donors (Lipinski definition) is 2. The lowest BCUT2D eigenvalue weighted by Gasteiger charge is -2.20. The molecule has 0 radical (unpaired) electrons. The molecule has 76 heavy (non-hydrogen) atoms. The number of aliphatic imine (C=N–C) groups is 2. The van der Waals surface area contributed by atoms with E-state index in [-0.39, 0.29) is 42.0 Å². The number of phenolic OH excluding ortho intramolecular Hbond substituents is 1. The Morgan fingerprint density at radius 1 is 0.618 bits per heavy atom. The number of ketones is 4. The largest absolute Gasteiger partial charge is 0.508 e. The molecule has 2 saturated heterocycles. The quantitative estimate of drug-likeness (QED) is 0.0526. The summed E-state index contributed by atoms with van der Waals surface area (Å²) in [5, 5.41) is 13.2. The molecule has 0 saturated carbocycles. The number of likely N-dealkylation sites (tertiary alicyclic amines) is 1. The Kier molecular flexibility index (Phi) is 33.6. The van der Waals surface area contributed by atoms with Gasteiger partial charge in [0.2, 0.25) is 0 Å². The molecule has 16 heteroatoms. The maximum Gasteiger partial charge on any atom is 0.177 e. The second-order valence-corrected chi connectivity index (χ2v) is 19.9. The standard InChI is InChI=1S/C19H24N2O2.C14H14ClNO2.C11H13ClO2.C8H8O2.C5H11N.C3H6BrCl/c1-15-4-2-11-21(15)12-3-13-23-18-8-5-16(6-9-18)19-10-7-17(22)14-20-19;15-8-1-9-18-13-5-2-11(3-6-13)14-7-4-12(17)10-16-14;1-9(13)10-3-5-11(6-4-10)14-8-2-7-12;1-6(9)7-2-4-8(10)5-3-7;1-5-3-2-4-6-5;4-2-1-3-5/h5-10,15H,2-4,11-14H2,1H3;2-7H,1,8-10H2;3-6H,2,7-8H2,1H3;2-5,10H,1H3;5-6H,2-4H2,1H3;1-3H2. The van der Waals surface area contributed by atoms with Crippen molar-refractivity contribution in [3.05, 3.63) is 144 Å². The number of alkyl halides is 4. The molecule has 4 aromatic rings. The number of benzene rings is 4. The van der Waals surface area contributed by atoms with Crippen LogP contribution in [0.3, 0.4) is 0 Å². The van der Waals surface area contributed by atoms with Gasteiger partial charge in [-0.1, -0.05) is 15.9 Å². The Morgan fingerprint density at radius 3 is 1.37 bits per heavy atom. The van der Waals surface area contributed by atoms with E-state index in [0.29, 0.717) is 36.1 Å². The summed E-state index contributed by atoms with van der Waals surface area (Å²) >= 11 is 19.6. The molecule has 2 fully saturated rings. The molecular formula is C60H76BrCl3N4O8. The van der Waals surface area contributed by atoms with Crippen LogP contribution in [0.2, 0.25) is 0 Å². The summed E-state index contributed by atoms with van der Waals surface area (Å²) in [6, 6.07) is 30.4. The molecule has 4 aliphatic rings. The molecule has 2 unspecified atom stereocenters. The molecule has 0 aromatic heterocycles. The van der Waals surface area contributed by atoms with Gasteiger partial charge in [-0.05, 0) is 225 Å². The summed E-state index contributed by atoms with van der Waals surface area (Å²) in [5.41, 5.74) is 5.03. The van der Waals surface area contributed by atoms with E-state index in [9.17, 15) is 19.2 Å². The lowest BCUT2D eigenvalue weighted by Crippen LogP contribution is -2.28. The summed E-state index contributed by atoms with van der Waals surface area (Å²) < 4.78 is 16.7. The maximum atomic E-state index is 11.1. The van der Waals surface area contributed by atoms with Crippen molar-refractivity contribution in [1.29, 1.82) is 0 Å². The van der Waals surface area contributed by atoms with E-state index < -0.39 is 0 Å². The molecule has 2 N–H and O–H groups in total. The number of nitrogens with zero attached hydrogens (tertiary/aromatic N) is 3. The minimum atomic E-state index is 0.0139. The highest BCUT2D eigenvalue weighted by Gasteiger charge is 2.19. The van der Waals surface area contributed by atoms with E-state index in [4.69, 9.17) is 54.1 Å². The summed E-state index contributed by atoms with van der Waals surface area (Å²) in [6.45, 7) is 13.6. The molecule has 0 bridgehead atoms. The van der Waals surface area contributed by atoms with Crippen molar-refractivity contribution in [3.8, 4) is 23.0 Å². The van der Waals surface area contributed by atoms with E-state index >= 15 is 0 Å². The van der Waals surface area contributed by atoms with Gasteiger partial charge in [0.05, 0.1) is 31.2 Å². The SMILES string of the molecule is CC(=O)c1ccc(O)cc1.CC(=O)c1ccc(OCCCCl)cc1.CC1CCCN1.CC1CCCN1CCCOc1ccc(C2=NCC(=O)C=C2)cc1.ClCCCBr.O=C1C=CC(c2ccc(OCCCCl)cc2)=NC1. The van der Waals surface area contributed by atoms with Gasteiger partial charge in [0.15, 0.2) is 23.1 Å². The van der Waals surface area contributed by atoms with Crippen LogP contribution >= 0.6 is 50.7 Å². The number of carbonyl (C=O) groups excluding carboxylic acids is 4. The van der Waals surface area contributed by atoms with E-state index in [1.54, 1.807) is 67.6 Å². The molecule has 0 amide bonds. The number of dihydropyridines is 2. The molecule has 0 spiro atoms. The lowest BCUT2D eigenvalue weighted by molar-refractivity contribution is -0.114. The van der Waals surface area contributed by atoms with Crippen LogP contribution in [0, 0.1) is 0 Å². The fourth-order valence-electron chi connectivity index (χ4n) is 7.36. The molecule has 12 nitrogen and oxygen atoms in total. The molecule has 2 atom stereocenters. The fraction of sp³-hybridized carbons (Fsp3) is 0.433. The smallest absolute Gasteiger partial charge is 0.177 e. The first kappa shape index (κ1) is 65.1. The van der Waals surface area contributed by atoms with E-state index in [0.717, 1.165) is 102 Å². The number of carbonyl (C=O) groups is 4. The Morgan fingerprint density at radius 2 is 1.05 bits per heavy atom. The lowest BCUT2D eigenvalue weighted by atomic mass is 10.1. The van der Waals surface area contributed by atoms with Crippen LogP contribution in [-0.4, -0.2) is 132 Å². The fourth-order valence-corrected chi connectivity index (χ4v) is 8.32. The number of aromatic hydroxyl groups is 1. The number of hydrogen-bond acceptors (Lipinski definition) is 12. The summed E-state index contributed by atoms with van der Waals surface area (Å²) in [6.07, 6.45) is 15.9. The zero-order valence-corrected chi connectivity index (χ0v) is 48.4. The number of ether oxygens (including phenoxy) is 3. The molecule has 4 aromatic carbocycles. The highest BCUT2D eigenvalue weighted by molar-refractivity contribution is 9.09. The molecule has 0 aliphatic carbocycles. The molecule has 4 heterocycles. The van der Waals surface area contributed by atoms with E-state index in [1.807, 2.05) is 48.5 Å². The van der Waals surface area contributed by atoms with Gasteiger partial charge in [-0.15, -0.1) is 34.8 Å². The third-order valence-corrected chi connectivity index (χ3v) is 13.1. The minimum absolute atomic E-state index is 0.0139. The van der Waals surface area contributed by atoms with Crippen LogP contribution in [0.4, 0.5) is 0 Å². The highest BCUT2D eigenvalue weighted by Crippen LogP contribution is 2.19. The van der Waals surface area contributed by atoms with Gasteiger partial charge in [0.25, 0.3) is 0 Å². The van der Waals surface area contributed by atoms with E-state index in [2.05, 4.69) is 50.0 Å². The van der Waals surface area contributed by atoms with Gasteiger partial charge >= 0.3 is 0 Å². The van der Waals surface area contributed by atoms with Crippen LogP contribution in [0.25, 0.3) is 0 Å². The first-order chi connectivity index (χ1) is 36.8. The zero-order valence-electron chi connectivity index (χ0n) is 44.5. The van der Waals surface area contributed by atoms with Crippen LogP contribution < -0.4 is 19.5 Å². The van der Waals surface area contributed by atoms with Crippen molar-refractivity contribution in [2.24, 2.45) is 9.98 Å². The average Bonchev–Trinajstić information content (AvgIpc) is 4.10. The third kappa shape index (κ3) is 27.8. The Labute approximate surface area is 474 Å². The predicted molar refractivity (Wildman–Crippen MR) is 316 cm³/mol. The normalized spacial score (nSPS) is 16.3. The Hall–Kier alpha value is -5.15. The Bertz CT molecular complexity index is 2430. The summed E-state index contributed by atoms with van der Waals surface area (Å²) in [7, 11) is 0. The number of nitrogens with one attached hydrogen (secondary N) is 1. The summed E-state index contributed by atoms with van der Waals surface area (Å²) in [4.78, 5) is 54.8. The van der Waals surface area contributed by atoms with Gasteiger partial charge in [0, 0.05) is 52.7 Å². The number of rotatable bonds is 19. The van der Waals surface area contributed by atoms with Crippen LogP contribution in [0.5, 0.6) is 23.0 Å². The van der Waals surface area contributed by atoms with Gasteiger partial charge in [0.1, 0.15) is 36.1 Å². The topological polar surface area (TPSA) is 156 Å². The third-order valence-electron chi connectivity index (χ3n) is 11.7. The number of halogens is 4. The van der Waals surface area contributed by atoms with Gasteiger partial charge in [-0.2, -0.15) is 0 Å². The van der Waals surface area contributed by atoms with Crippen LogP contribution in [0.1, 0.15) is 111 Å². The van der Waals surface area contributed by atoms with Crippen LogP contribution in [0.15, 0.2) is 131 Å². The Balaban J connectivity index is 0.000000257. The second-order valence-electron chi connectivity index (χ2n) is 18.0. The average molecular weight is 1170 g/mol. The molecule has 4 aliphatic heterocycles. The van der Waals surface area contributed by atoms with Gasteiger partial charge < -0.3 is 29.5 Å². The van der Waals surface area contributed by atoms with Crippen molar-refractivity contribution < 1.29 is 38.5 Å². The predicted octanol–water partition coefficient (Wildman–Crippen LogP) is 12.8. The first-order valence-corrected chi connectivity index (χ1v) is 28.7. The minimum Gasteiger partial charge on any atom is -0.508 e. The molecule has 412 valence electrons. The van der Waals surface area contributed by atoms with Crippen molar-refractivity contribution in [1.82, 2.24) is 10.2 Å². The van der Waals surface area contributed by atoms with E-state index in [1.165, 1.54) is 57.8 Å². The maximum absolute atomic E-state index is 11.1. The van der Waals surface area contributed by atoms with Crippen molar-refractivity contribution in [3.63, 3.8) is 0 Å². The van der Waals surface area contributed by atoms with Crippen LogP contribution in [-0.2, 0) is 9.59 Å². The molecular weight excluding hydrogens is 1090 g/mol. The van der Waals surface area contributed by atoms with Crippen molar-refractivity contribution in [2.45, 2.75) is 91.1 Å². The number of allylic oxidation sites excluding steroid dienone is 2. The van der Waals surface area contributed by atoms with Crippen molar-refractivity contribution in [2.75, 3.05) is 75.5 Å². The summed E-state index contributed by atoms with van der Waals surface area (Å²) in [5.74, 6) is 4.83. The second kappa shape index (κ2) is 39.2. The monoisotopic (exact) mass is 1160 g/mol. The first-order valence-electron chi connectivity index (χ1n) is 26.0. The van der Waals surface area contributed by atoms with Crippen molar-refractivity contribution >= 4 is 85.3 Å². The highest BCUT2D eigenvalue weighted by atomic mass is 79.9. The number of Topliss-reactive ketones (excluding diaryl/α,β-unsaturated/α-hetero) is 2. The molecule has 8 rings (SSSR count). The number of phenols is 1. The zero-order chi connectivity index (χ0) is 55.3. The van der Waals surface area contributed by atoms with Gasteiger partial charge in [-0.25, -0.2) is 0 Å².